The Kier molecular flexibility index (Phi) is 4.47. The van der Waals surface area contributed by atoms with E-state index in [1.807, 2.05) is 0 Å². The molecule has 0 bridgehead atoms. The van der Waals surface area contributed by atoms with E-state index in [-0.39, 0.29) is 11.6 Å². The summed E-state index contributed by atoms with van der Waals surface area (Å²) in [4.78, 5) is 0. The van der Waals surface area contributed by atoms with Crippen molar-refractivity contribution in [2.75, 3.05) is 13.2 Å². The van der Waals surface area contributed by atoms with Crippen LogP contribution >= 0.6 is 0 Å². The molecule has 132 valence electrons. The molecule has 0 radical (unpaired) electrons. The van der Waals surface area contributed by atoms with Crippen molar-refractivity contribution in [3.63, 3.8) is 0 Å². The molecule has 10 heteroatoms. The number of aliphatic hydroxyl groups is 2. The van der Waals surface area contributed by atoms with Gasteiger partial charge in [0, 0.05) is 25.7 Å². The average Bonchev–Trinajstić information content (AvgIpc) is 3.03. The van der Waals surface area contributed by atoms with Gasteiger partial charge in [0.2, 0.25) is 0 Å². The van der Waals surface area contributed by atoms with Crippen molar-refractivity contribution < 1.29 is 18.6 Å². The first kappa shape index (κ1) is 17.1. The predicted octanol–water partition coefficient (Wildman–Crippen LogP) is -0.455. The molecular formula is C14H21N5O4S. The van der Waals surface area contributed by atoms with Gasteiger partial charge in [0.05, 0.1) is 30.7 Å². The topological polar surface area (TPSA) is 113 Å². The summed E-state index contributed by atoms with van der Waals surface area (Å²) in [5.74, 6) is 0. The summed E-state index contributed by atoms with van der Waals surface area (Å²) in [7, 11) is -2.07. The Hall–Kier alpha value is -1.75. The lowest BCUT2D eigenvalue weighted by atomic mass is 10.2. The summed E-state index contributed by atoms with van der Waals surface area (Å²) < 4.78 is 30.5. The van der Waals surface area contributed by atoms with E-state index < -0.39 is 22.7 Å². The molecule has 0 spiro atoms. The number of aryl methyl sites for hydroxylation is 3. The summed E-state index contributed by atoms with van der Waals surface area (Å²) in [6.45, 7) is 2.40. The molecule has 0 amide bonds. The lowest BCUT2D eigenvalue weighted by molar-refractivity contribution is 0.0916. The summed E-state index contributed by atoms with van der Waals surface area (Å²) in [5.41, 5.74) is 1.65. The Labute approximate surface area is 140 Å². The van der Waals surface area contributed by atoms with E-state index in [0.29, 0.717) is 36.5 Å². The largest absolute Gasteiger partial charge is 0.393 e. The Balaban J connectivity index is 1.95. The lowest BCUT2D eigenvalue weighted by Crippen LogP contribution is -2.32. The Bertz CT molecular complexity index is 822. The van der Waals surface area contributed by atoms with Crippen molar-refractivity contribution in [2.24, 2.45) is 7.05 Å². The monoisotopic (exact) mass is 355 g/mol. The molecule has 3 rings (SSSR count). The number of nitrogens with zero attached hydrogens (tertiary/aromatic N) is 5. The van der Waals surface area contributed by atoms with Gasteiger partial charge in [0.1, 0.15) is 6.10 Å². The Morgan fingerprint density at radius 1 is 1.38 bits per heavy atom. The van der Waals surface area contributed by atoms with Gasteiger partial charge < -0.3 is 10.2 Å². The van der Waals surface area contributed by atoms with Crippen LogP contribution in [0.4, 0.5) is 0 Å². The van der Waals surface area contributed by atoms with Crippen molar-refractivity contribution in [3.8, 4) is 0 Å². The maximum absolute atomic E-state index is 13.0. The van der Waals surface area contributed by atoms with E-state index in [0.717, 1.165) is 0 Å². The zero-order valence-electron chi connectivity index (χ0n) is 13.6. The molecule has 2 N–H and O–H groups in total. The standard InChI is InChI=1S/C14H21N5O4S/c1-10-7-15-17(2)14(10)24(22,23)18-4-3-5-19-11(8-18)6-12(16-19)13(21)9-20/h6-7,13,20-21H,3-5,8-9H2,1-2H3. The van der Waals surface area contributed by atoms with Gasteiger partial charge in [0.25, 0.3) is 10.0 Å². The van der Waals surface area contributed by atoms with Gasteiger partial charge in [0.15, 0.2) is 5.03 Å². The third-order valence-electron chi connectivity index (χ3n) is 4.15. The lowest BCUT2D eigenvalue weighted by Gasteiger charge is -2.20. The number of hydrogen-bond donors (Lipinski definition) is 2. The van der Waals surface area contributed by atoms with Crippen LogP contribution in [0.15, 0.2) is 17.3 Å². The van der Waals surface area contributed by atoms with E-state index in [4.69, 9.17) is 5.11 Å². The quantitative estimate of drug-likeness (QED) is 0.768. The van der Waals surface area contributed by atoms with Gasteiger partial charge in [-0.05, 0) is 19.4 Å². The maximum atomic E-state index is 13.0. The maximum Gasteiger partial charge on any atom is 0.260 e. The van der Waals surface area contributed by atoms with E-state index in [2.05, 4.69) is 10.2 Å². The van der Waals surface area contributed by atoms with Gasteiger partial charge in [-0.2, -0.15) is 14.5 Å². The highest BCUT2D eigenvalue weighted by Crippen LogP contribution is 2.24. The number of aliphatic hydroxyl groups excluding tert-OH is 2. The minimum absolute atomic E-state index is 0.165. The first-order chi connectivity index (χ1) is 11.3. The molecule has 1 atom stereocenters. The minimum Gasteiger partial charge on any atom is -0.393 e. The molecule has 1 unspecified atom stereocenters. The normalized spacial score (nSPS) is 17.5. The van der Waals surface area contributed by atoms with Crippen LogP contribution in [0.5, 0.6) is 0 Å². The summed E-state index contributed by atoms with van der Waals surface area (Å²) in [6.07, 6.45) is 1.08. The third kappa shape index (κ3) is 2.86. The van der Waals surface area contributed by atoms with Crippen LogP contribution in [0.3, 0.4) is 0 Å². The molecule has 0 aliphatic carbocycles. The fourth-order valence-corrected chi connectivity index (χ4v) is 4.70. The number of rotatable bonds is 4. The fourth-order valence-electron chi connectivity index (χ4n) is 2.95. The molecular weight excluding hydrogens is 334 g/mol. The number of sulfonamides is 1. The minimum atomic E-state index is -3.68. The van der Waals surface area contributed by atoms with Crippen molar-refractivity contribution in [2.45, 2.75) is 37.6 Å². The highest BCUT2D eigenvalue weighted by Gasteiger charge is 2.31. The van der Waals surface area contributed by atoms with Crippen LogP contribution in [-0.2, 0) is 30.2 Å². The fraction of sp³-hybridized carbons (Fsp3) is 0.571. The van der Waals surface area contributed by atoms with Gasteiger partial charge in [-0.25, -0.2) is 8.42 Å². The SMILES string of the molecule is Cc1cnn(C)c1S(=O)(=O)N1CCCn2nc(C(O)CO)cc2C1. The first-order valence-corrected chi connectivity index (χ1v) is 9.13. The van der Waals surface area contributed by atoms with Crippen LogP contribution in [0, 0.1) is 6.92 Å². The molecule has 1 aliphatic rings. The molecule has 1 aliphatic heterocycles. The Morgan fingerprint density at radius 3 is 2.75 bits per heavy atom. The second kappa shape index (κ2) is 6.28. The average molecular weight is 355 g/mol. The predicted molar refractivity (Wildman–Crippen MR) is 84.4 cm³/mol. The molecule has 24 heavy (non-hydrogen) atoms. The Morgan fingerprint density at radius 2 is 2.12 bits per heavy atom. The number of aromatic nitrogens is 4. The summed E-state index contributed by atoms with van der Waals surface area (Å²) >= 11 is 0. The summed E-state index contributed by atoms with van der Waals surface area (Å²) in [5, 5.41) is 27.3. The second-order valence-corrected chi connectivity index (χ2v) is 7.78. The van der Waals surface area contributed by atoms with Crippen molar-refractivity contribution >= 4 is 10.0 Å². The molecule has 0 saturated carbocycles. The molecule has 3 heterocycles. The molecule has 0 saturated heterocycles. The smallest absolute Gasteiger partial charge is 0.260 e. The van der Waals surface area contributed by atoms with Crippen molar-refractivity contribution in [3.05, 3.63) is 29.2 Å². The van der Waals surface area contributed by atoms with Gasteiger partial charge in [-0.3, -0.25) is 9.36 Å². The highest BCUT2D eigenvalue weighted by molar-refractivity contribution is 7.89. The van der Waals surface area contributed by atoms with E-state index in [1.54, 1.807) is 24.7 Å². The number of fused-ring (bicyclic) bond motifs is 1. The van der Waals surface area contributed by atoms with Crippen molar-refractivity contribution in [1.29, 1.82) is 0 Å². The van der Waals surface area contributed by atoms with Crippen LogP contribution in [0.25, 0.3) is 0 Å². The van der Waals surface area contributed by atoms with Gasteiger partial charge >= 0.3 is 0 Å². The van der Waals surface area contributed by atoms with Gasteiger partial charge in [-0.1, -0.05) is 0 Å². The zero-order valence-corrected chi connectivity index (χ0v) is 14.4. The first-order valence-electron chi connectivity index (χ1n) is 7.69. The molecule has 0 aromatic carbocycles. The van der Waals surface area contributed by atoms with Gasteiger partial charge in [-0.15, -0.1) is 0 Å². The van der Waals surface area contributed by atoms with Crippen LogP contribution in [-0.4, -0.2) is 55.6 Å². The zero-order chi connectivity index (χ0) is 17.5. The molecule has 2 aromatic rings. The highest BCUT2D eigenvalue weighted by atomic mass is 32.2. The number of hydrogen-bond acceptors (Lipinski definition) is 6. The van der Waals surface area contributed by atoms with Crippen LogP contribution < -0.4 is 0 Å². The van der Waals surface area contributed by atoms with Crippen LogP contribution in [0.2, 0.25) is 0 Å². The molecule has 0 fully saturated rings. The second-order valence-electron chi connectivity index (χ2n) is 5.93. The summed E-state index contributed by atoms with van der Waals surface area (Å²) in [6, 6.07) is 1.64. The van der Waals surface area contributed by atoms with E-state index >= 15 is 0 Å². The third-order valence-corrected chi connectivity index (χ3v) is 6.22. The molecule has 9 nitrogen and oxygen atoms in total. The van der Waals surface area contributed by atoms with Crippen LogP contribution in [0.1, 0.15) is 29.5 Å². The molecule has 2 aromatic heterocycles. The van der Waals surface area contributed by atoms with E-state index in [9.17, 15) is 13.5 Å². The van der Waals surface area contributed by atoms with E-state index in [1.165, 1.54) is 15.2 Å². The van der Waals surface area contributed by atoms with Crippen molar-refractivity contribution in [1.82, 2.24) is 23.9 Å².